The van der Waals surface area contributed by atoms with Gasteiger partial charge >= 0.3 is 0 Å². The third-order valence-electron chi connectivity index (χ3n) is 5.61. The first-order valence-electron chi connectivity index (χ1n) is 10.9. The monoisotopic (exact) mass is 449 g/mol. The molecule has 0 saturated heterocycles. The van der Waals surface area contributed by atoms with Crippen LogP contribution in [0.4, 0.5) is 5.69 Å². The molecule has 1 unspecified atom stereocenters. The Morgan fingerprint density at radius 3 is 1.91 bits per heavy atom. The van der Waals surface area contributed by atoms with E-state index in [1.54, 1.807) is 46.6 Å². The van der Waals surface area contributed by atoms with Gasteiger partial charge in [-0.1, -0.05) is 25.1 Å². The van der Waals surface area contributed by atoms with Crippen LogP contribution in [0.25, 0.3) is 0 Å². The molecule has 3 aromatic rings. The van der Waals surface area contributed by atoms with Crippen molar-refractivity contribution in [2.24, 2.45) is 0 Å². The maximum Gasteiger partial charge on any atom is 0.165 e. The van der Waals surface area contributed by atoms with E-state index in [2.05, 4.69) is 24.4 Å². The molecule has 6 heteroatoms. The molecule has 33 heavy (non-hydrogen) atoms. The van der Waals surface area contributed by atoms with Crippen LogP contribution >= 0.6 is 0 Å². The summed E-state index contributed by atoms with van der Waals surface area (Å²) >= 11 is 0. The van der Waals surface area contributed by atoms with E-state index in [9.17, 15) is 4.79 Å². The van der Waals surface area contributed by atoms with Gasteiger partial charge in [0.15, 0.2) is 28.8 Å². The number of carbonyl (C=O) groups is 1. The number of anilines is 1. The highest BCUT2D eigenvalue weighted by atomic mass is 16.5. The predicted molar refractivity (Wildman–Crippen MR) is 130 cm³/mol. The molecule has 0 radical (unpaired) electrons. The van der Waals surface area contributed by atoms with Gasteiger partial charge in [0, 0.05) is 17.7 Å². The fourth-order valence-electron chi connectivity index (χ4n) is 3.67. The van der Waals surface area contributed by atoms with Crippen LogP contribution in [0, 0.1) is 0 Å². The Balaban J connectivity index is 1.93. The van der Waals surface area contributed by atoms with Crippen LogP contribution in [0.5, 0.6) is 23.0 Å². The minimum atomic E-state index is -0.280. The highest BCUT2D eigenvalue weighted by Gasteiger charge is 2.20. The number of nitrogens with one attached hydrogen (secondary N) is 1. The second kappa shape index (κ2) is 11.3. The van der Waals surface area contributed by atoms with E-state index in [-0.39, 0.29) is 18.2 Å². The Labute approximate surface area is 195 Å². The number of Topliss-reactive ketones (excluding diaryl/α,β-unsaturated/α-hetero) is 1. The van der Waals surface area contributed by atoms with Gasteiger partial charge in [-0.05, 0) is 60.0 Å². The molecule has 174 valence electrons. The van der Waals surface area contributed by atoms with Crippen molar-refractivity contribution in [1.29, 1.82) is 0 Å². The van der Waals surface area contributed by atoms with Crippen LogP contribution in [0.2, 0.25) is 0 Å². The molecule has 0 aliphatic rings. The van der Waals surface area contributed by atoms with Crippen molar-refractivity contribution in [3.8, 4) is 23.0 Å². The zero-order valence-electron chi connectivity index (χ0n) is 19.8. The van der Waals surface area contributed by atoms with E-state index in [0.717, 1.165) is 17.7 Å². The number of benzene rings is 3. The first-order chi connectivity index (χ1) is 16.0. The molecule has 0 spiro atoms. The van der Waals surface area contributed by atoms with Crippen molar-refractivity contribution in [2.75, 3.05) is 33.8 Å². The smallest absolute Gasteiger partial charge is 0.165 e. The molecule has 3 rings (SSSR count). The minimum absolute atomic E-state index is 0.0200. The standard InChI is InChI=1S/C27H31NO5/c1-6-18-7-11-21(12-8-18)28-22(19-9-13-24(30-2)26(15-19)32-4)17-23(29)20-10-14-25(31-3)27(16-20)33-5/h7-16,22,28H,6,17H2,1-5H3. The van der Waals surface area contributed by atoms with Gasteiger partial charge in [0.1, 0.15) is 0 Å². The first kappa shape index (κ1) is 24.0. The number of ketones is 1. The summed E-state index contributed by atoms with van der Waals surface area (Å²) in [7, 11) is 6.33. The number of ether oxygens (including phenoxy) is 4. The van der Waals surface area contributed by atoms with Crippen molar-refractivity contribution in [1.82, 2.24) is 0 Å². The molecule has 1 N–H and O–H groups in total. The Kier molecular flexibility index (Phi) is 8.19. The summed E-state index contributed by atoms with van der Waals surface area (Å²) in [5, 5.41) is 3.51. The Hall–Kier alpha value is -3.67. The largest absolute Gasteiger partial charge is 0.493 e. The van der Waals surface area contributed by atoms with Crippen LogP contribution in [0.3, 0.4) is 0 Å². The maximum absolute atomic E-state index is 13.3. The fraction of sp³-hybridized carbons (Fsp3) is 0.296. The molecule has 1 atom stereocenters. The number of aryl methyl sites for hydroxylation is 1. The minimum Gasteiger partial charge on any atom is -0.493 e. The topological polar surface area (TPSA) is 66.0 Å². The summed E-state index contributed by atoms with van der Waals surface area (Å²) in [6.07, 6.45) is 1.21. The molecule has 0 heterocycles. The molecule has 0 aromatic heterocycles. The number of methoxy groups -OCH3 is 4. The zero-order chi connectivity index (χ0) is 23.8. The lowest BCUT2D eigenvalue weighted by atomic mass is 9.96. The van der Waals surface area contributed by atoms with Gasteiger partial charge < -0.3 is 24.3 Å². The molecule has 0 saturated carbocycles. The van der Waals surface area contributed by atoms with Crippen molar-refractivity contribution >= 4 is 11.5 Å². The third kappa shape index (κ3) is 5.77. The van der Waals surface area contributed by atoms with E-state index >= 15 is 0 Å². The van der Waals surface area contributed by atoms with Crippen LogP contribution in [-0.4, -0.2) is 34.2 Å². The molecule has 6 nitrogen and oxygen atoms in total. The normalized spacial score (nSPS) is 11.4. The summed E-state index contributed by atoms with van der Waals surface area (Å²) in [4.78, 5) is 13.3. The molecule has 0 fully saturated rings. The van der Waals surface area contributed by atoms with Crippen molar-refractivity contribution in [3.63, 3.8) is 0 Å². The van der Waals surface area contributed by atoms with Crippen LogP contribution < -0.4 is 24.3 Å². The van der Waals surface area contributed by atoms with Gasteiger partial charge in [-0.3, -0.25) is 4.79 Å². The quantitative estimate of drug-likeness (QED) is 0.378. The predicted octanol–water partition coefficient (Wildman–Crippen LogP) is 5.71. The van der Waals surface area contributed by atoms with Crippen molar-refractivity contribution in [3.05, 3.63) is 77.4 Å². The van der Waals surface area contributed by atoms with E-state index < -0.39 is 0 Å². The van der Waals surface area contributed by atoms with Crippen molar-refractivity contribution in [2.45, 2.75) is 25.8 Å². The van der Waals surface area contributed by atoms with Crippen LogP contribution in [-0.2, 0) is 6.42 Å². The average molecular weight is 450 g/mol. The van der Waals surface area contributed by atoms with Gasteiger partial charge in [0.2, 0.25) is 0 Å². The van der Waals surface area contributed by atoms with E-state index in [1.165, 1.54) is 5.56 Å². The van der Waals surface area contributed by atoms with Gasteiger partial charge in [0.05, 0.1) is 34.5 Å². The number of rotatable bonds is 11. The second-order valence-corrected chi connectivity index (χ2v) is 7.56. The lowest BCUT2D eigenvalue weighted by molar-refractivity contribution is 0.0976. The lowest BCUT2D eigenvalue weighted by Crippen LogP contribution is -2.16. The van der Waals surface area contributed by atoms with Crippen LogP contribution in [0.1, 0.15) is 40.9 Å². The lowest BCUT2D eigenvalue weighted by Gasteiger charge is -2.22. The molecular weight excluding hydrogens is 418 g/mol. The van der Waals surface area contributed by atoms with Gasteiger partial charge in [-0.25, -0.2) is 0 Å². The third-order valence-corrected chi connectivity index (χ3v) is 5.61. The average Bonchev–Trinajstić information content (AvgIpc) is 2.87. The highest BCUT2D eigenvalue weighted by molar-refractivity contribution is 5.97. The van der Waals surface area contributed by atoms with E-state index in [4.69, 9.17) is 18.9 Å². The summed E-state index contributed by atoms with van der Waals surface area (Å²) in [6, 6.07) is 18.9. The molecule has 0 amide bonds. The molecule has 0 bridgehead atoms. The SMILES string of the molecule is CCc1ccc(NC(CC(=O)c2ccc(OC)c(OC)c2)c2ccc(OC)c(OC)c2)cc1. The van der Waals surface area contributed by atoms with Crippen molar-refractivity contribution < 1.29 is 23.7 Å². The Morgan fingerprint density at radius 2 is 1.33 bits per heavy atom. The van der Waals surface area contributed by atoms with Gasteiger partial charge in [0.25, 0.3) is 0 Å². The maximum atomic E-state index is 13.3. The number of carbonyl (C=O) groups excluding carboxylic acids is 1. The summed E-state index contributed by atoms with van der Waals surface area (Å²) in [6.45, 7) is 2.12. The summed E-state index contributed by atoms with van der Waals surface area (Å²) < 4.78 is 21.5. The van der Waals surface area contributed by atoms with Crippen LogP contribution in [0.15, 0.2) is 60.7 Å². The Morgan fingerprint density at radius 1 is 0.758 bits per heavy atom. The van der Waals surface area contributed by atoms with E-state index in [0.29, 0.717) is 28.6 Å². The Bertz CT molecular complexity index is 1080. The number of hydrogen-bond donors (Lipinski definition) is 1. The molecular formula is C27H31NO5. The van der Waals surface area contributed by atoms with Gasteiger partial charge in [-0.2, -0.15) is 0 Å². The summed E-state index contributed by atoms with van der Waals surface area (Å²) in [5.41, 5.74) is 3.67. The molecule has 0 aliphatic carbocycles. The first-order valence-corrected chi connectivity index (χ1v) is 10.9. The fourth-order valence-corrected chi connectivity index (χ4v) is 3.67. The van der Waals surface area contributed by atoms with Gasteiger partial charge in [-0.15, -0.1) is 0 Å². The zero-order valence-corrected chi connectivity index (χ0v) is 19.8. The summed E-state index contributed by atoms with van der Waals surface area (Å²) in [5.74, 6) is 2.34. The molecule has 3 aromatic carbocycles. The molecule has 0 aliphatic heterocycles. The highest BCUT2D eigenvalue weighted by Crippen LogP contribution is 2.34. The number of hydrogen-bond acceptors (Lipinski definition) is 6. The van der Waals surface area contributed by atoms with E-state index in [1.807, 2.05) is 30.3 Å². The second-order valence-electron chi connectivity index (χ2n) is 7.56.